The Bertz CT molecular complexity index is 1130. The molecule has 0 aliphatic carbocycles. The van der Waals surface area contributed by atoms with Gasteiger partial charge in [0.15, 0.2) is 21.3 Å². The molecule has 0 saturated heterocycles. The molecule has 10 heteroatoms. The molecule has 2 aromatic rings. The summed E-state index contributed by atoms with van der Waals surface area (Å²) in [6.07, 6.45) is 0.201. The second-order valence-corrected chi connectivity index (χ2v) is 10.8. The molecule has 1 atom stereocenters. The zero-order valence-electron chi connectivity index (χ0n) is 16.8. The van der Waals surface area contributed by atoms with Gasteiger partial charge in [0.2, 0.25) is 18.6 Å². The summed E-state index contributed by atoms with van der Waals surface area (Å²) in [7, 11) is -3.75. The third kappa shape index (κ3) is 4.80. The Hall–Kier alpha value is -2.72. The smallest absolute Gasteiger partial charge is 0.231 e. The molecule has 31 heavy (non-hydrogen) atoms. The normalized spacial score (nSPS) is 16.1. The van der Waals surface area contributed by atoms with E-state index in [0.717, 1.165) is 10.5 Å². The summed E-state index contributed by atoms with van der Waals surface area (Å²) >= 11 is 1.50. The van der Waals surface area contributed by atoms with Crippen molar-refractivity contribution in [2.75, 3.05) is 17.9 Å². The Morgan fingerprint density at radius 1 is 1.19 bits per heavy atom. The lowest BCUT2D eigenvalue weighted by molar-refractivity contribution is -0.121. The highest BCUT2D eigenvalue weighted by atomic mass is 32.2. The van der Waals surface area contributed by atoms with Gasteiger partial charge in [0, 0.05) is 30.0 Å². The number of sulfone groups is 1. The minimum Gasteiger partial charge on any atom is -0.454 e. The fourth-order valence-corrected chi connectivity index (χ4v) is 5.62. The van der Waals surface area contributed by atoms with Gasteiger partial charge in [0.1, 0.15) is 0 Å². The first kappa shape index (κ1) is 21.5. The van der Waals surface area contributed by atoms with Crippen LogP contribution in [0.1, 0.15) is 25.3 Å². The van der Waals surface area contributed by atoms with Gasteiger partial charge in [0.05, 0.1) is 15.8 Å². The van der Waals surface area contributed by atoms with Crippen molar-refractivity contribution in [2.24, 2.45) is 0 Å². The van der Waals surface area contributed by atoms with Gasteiger partial charge in [-0.1, -0.05) is 6.07 Å². The van der Waals surface area contributed by atoms with Crippen LogP contribution in [0.15, 0.2) is 46.2 Å². The van der Waals surface area contributed by atoms with Crippen LogP contribution in [0.4, 0.5) is 5.69 Å². The quantitative estimate of drug-likeness (QED) is 0.679. The summed E-state index contributed by atoms with van der Waals surface area (Å²) in [5.74, 6) is 1.41. The number of carbonyl (C=O) groups excluding carboxylic acids is 2. The van der Waals surface area contributed by atoms with Crippen LogP contribution in [-0.4, -0.2) is 38.0 Å². The summed E-state index contributed by atoms with van der Waals surface area (Å²) < 4.78 is 36.6. The molecule has 2 aliphatic rings. The maximum absolute atomic E-state index is 13.0. The largest absolute Gasteiger partial charge is 0.454 e. The molecule has 2 heterocycles. The minimum absolute atomic E-state index is 0.0881. The molecule has 0 fully saturated rings. The summed E-state index contributed by atoms with van der Waals surface area (Å²) in [5, 5.41) is 4.58. The van der Waals surface area contributed by atoms with Gasteiger partial charge >= 0.3 is 0 Å². The van der Waals surface area contributed by atoms with Crippen molar-refractivity contribution in [1.29, 1.82) is 0 Å². The van der Waals surface area contributed by atoms with Gasteiger partial charge < -0.3 is 20.1 Å². The van der Waals surface area contributed by atoms with Crippen LogP contribution in [-0.2, 0) is 26.0 Å². The van der Waals surface area contributed by atoms with Gasteiger partial charge in [-0.05, 0) is 42.8 Å². The standard InChI is InChI=1S/C21H22N2O6S2/c1-13(8-21(25)22-11-14-2-4-17-18(9-14)29-12-28-17)31(26,27)15-3-5-19-16(10-15)23-20(24)6-7-30-19/h2-5,9-10,13H,6-8,11-12H2,1H3,(H,22,25)(H,23,24)/t13-/m1/s1. The van der Waals surface area contributed by atoms with E-state index in [2.05, 4.69) is 10.6 Å². The fraction of sp³-hybridized carbons (Fsp3) is 0.333. The maximum atomic E-state index is 13.0. The Balaban J connectivity index is 1.39. The van der Waals surface area contributed by atoms with Crippen LogP contribution in [0.5, 0.6) is 11.5 Å². The fourth-order valence-electron chi connectivity index (χ4n) is 3.30. The number of fused-ring (bicyclic) bond motifs is 2. The molecule has 0 spiro atoms. The predicted octanol–water partition coefficient (Wildman–Crippen LogP) is 2.72. The summed E-state index contributed by atoms with van der Waals surface area (Å²) in [4.78, 5) is 25.1. The van der Waals surface area contributed by atoms with Crippen molar-refractivity contribution in [3.8, 4) is 11.5 Å². The number of anilines is 1. The third-order valence-corrected chi connectivity index (χ3v) is 8.28. The number of rotatable bonds is 6. The molecule has 0 unspecified atom stereocenters. The average molecular weight is 463 g/mol. The second kappa shape index (κ2) is 8.80. The second-order valence-electron chi connectivity index (χ2n) is 7.33. The predicted molar refractivity (Wildman–Crippen MR) is 116 cm³/mol. The van der Waals surface area contributed by atoms with Crippen LogP contribution >= 0.6 is 11.8 Å². The van der Waals surface area contributed by atoms with Crippen LogP contribution in [0.3, 0.4) is 0 Å². The lowest BCUT2D eigenvalue weighted by Gasteiger charge is -2.15. The molecular weight excluding hydrogens is 440 g/mol. The molecule has 164 valence electrons. The topological polar surface area (TPSA) is 111 Å². The highest BCUT2D eigenvalue weighted by Gasteiger charge is 2.27. The van der Waals surface area contributed by atoms with E-state index in [1.165, 1.54) is 30.8 Å². The van der Waals surface area contributed by atoms with Gasteiger partial charge in [-0.3, -0.25) is 9.59 Å². The SMILES string of the molecule is C[C@H](CC(=O)NCc1ccc2c(c1)OCO2)S(=O)(=O)c1ccc2c(c1)NC(=O)CCS2. The molecule has 2 aromatic carbocycles. The van der Waals surface area contributed by atoms with Crippen LogP contribution < -0.4 is 20.1 Å². The van der Waals surface area contributed by atoms with Crippen molar-refractivity contribution in [3.63, 3.8) is 0 Å². The number of hydrogen-bond donors (Lipinski definition) is 2. The molecule has 0 bridgehead atoms. The number of benzene rings is 2. The van der Waals surface area contributed by atoms with E-state index in [1.807, 2.05) is 6.07 Å². The summed E-state index contributed by atoms with van der Waals surface area (Å²) in [6.45, 7) is 1.93. The van der Waals surface area contributed by atoms with Crippen LogP contribution in [0, 0.1) is 0 Å². The maximum Gasteiger partial charge on any atom is 0.231 e. The van der Waals surface area contributed by atoms with E-state index in [0.29, 0.717) is 29.4 Å². The molecule has 0 aromatic heterocycles. The van der Waals surface area contributed by atoms with E-state index >= 15 is 0 Å². The Morgan fingerprint density at radius 2 is 2.00 bits per heavy atom. The van der Waals surface area contributed by atoms with Crippen molar-refractivity contribution in [2.45, 2.75) is 41.4 Å². The molecular formula is C21H22N2O6S2. The Kier molecular flexibility index (Phi) is 6.10. The molecule has 2 aliphatic heterocycles. The molecule has 2 amide bonds. The van der Waals surface area contributed by atoms with E-state index in [9.17, 15) is 18.0 Å². The average Bonchev–Trinajstić information content (AvgIpc) is 3.12. The molecule has 0 radical (unpaired) electrons. The monoisotopic (exact) mass is 462 g/mol. The molecule has 2 N–H and O–H groups in total. The Labute approximate surface area is 184 Å². The molecule has 4 rings (SSSR count). The zero-order chi connectivity index (χ0) is 22.0. The number of amides is 2. The highest BCUT2D eigenvalue weighted by molar-refractivity contribution is 7.99. The van der Waals surface area contributed by atoms with Gasteiger partial charge in [0.25, 0.3) is 0 Å². The first-order chi connectivity index (χ1) is 14.8. The van der Waals surface area contributed by atoms with E-state index in [-0.39, 0.29) is 36.5 Å². The van der Waals surface area contributed by atoms with Crippen LogP contribution in [0.25, 0.3) is 0 Å². The Morgan fingerprint density at radius 3 is 2.84 bits per heavy atom. The van der Waals surface area contributed by atoms with Gasteiger partial charge in [-0.25, -0.2) is 8.42 Å². The van der Waals surface area contributed by atoms with Gasteiger partial charge in [-0.2, -0.15) is 0 Å². The van der Waals surface area contributed by atoms with E-state index in [1.54, 1.807) is 18.2 Å². The lowest BCUT2D eigenvalue weighted by atomic mass is 10.2. The van der Waals surface area contributed by atoms with Crippen molar-refractivity contribution >= 4 is 39.1 Å². The van der Waals surface area contributed by atoms with E-state index < -0.39 is 15.1 Å². The summed E-state index contributed by atoms with van der Waals surface area (Å²) in [6, 6.07) is 10.1. The zero-order valence-corrected chi connectivity index (χ0v) is 18.5. The number of carbonyl (C=O) groups is 2. The van der Waals surface area contributed by atoms with Crippen LogP contribution in [0.2, 0.25) is 0 Å². The van der Waals surface area contributed by atoms with Crippen molar-refractivity contribution in [1.82, 2.24) is 5.32 Å². The third-order valence-electron chi connectivity index (χ3n) is 5.07. The van der Waals surface area contributed by atoms with Crippen molar-refractivity contribution in [3.05, 3.63) is 42.0 Å². The van der Waals surface area contributed by atoms with E-state index in [4.69, 9.17) is 9.47 Å². The lowest BCUT2D eigenvalue weighted by Crippen LogP contribution is -2.29. The number of thioether (sulfide) groups is 1. The summed E-state index contributed by atoms with van der Waals surface area (Å²) in [5.41, 5.74) is 1.32. The van der Waals surface area contributed by atoms with Crippen molar-refractivity contribution < 1.29 is 27.5 Å². The molecule has 8 nitrogen and oxygen atoms in total. The number of hydrogen-bond acceptors (Lipinski definition) is 7. The molecule has 0 saturated carbocycles. The van der Waals surface area contributed by atoms with Gasteiger partial charge in [-0.15, -0.1) is 11.8 Å². The first-order valence-corrected chi connectivity index (χ1v) is 12.3. The first-order valence-electron chi connectivity index (χ1n) is 9.79. The minimum atomic E-state index is -3.75. The number of nitrogens with one attached hydrogen (secondary N) is 2. The highest BCUT2D eigenvalue weighted by Crippen LogP contribution is 2.34. The number of ether oxygens (including phenoxy) is 2.